The minimum atomic E-state index is -0.879. The maximum Gasteiger partial charge on any atom is 0.312 e. The standard InChI is InChI=1S/C11H14ClNO4/c1-11(2,14)6-7-17-10-8(12)4-3-5-9(10)13(15)16/h3-5,14H,6-7H2,1-2H3. The van der Waals surface area contributed by atoms with Crippen LogP contribution in [0.5, 0.6) is 5.75 Å². The van der Waals surface area contributed by atoms with Gasteiger partial charge in [0.1, 0.15) is 0 Å². The fourth-order valence-electron chi connectivity index (χ4n) is 1.19. The third-order valence-corrected chi connectivity index (χ3v) is 2.40. The predicted octanol–water partition coefficient (Wildman–Crippen LogP) is 2.79. The van der Waals surface area contributed by atoms with Gasteiger partial charge >= 0.3 is 5.69 Å². The van der Waals surface area contributed by atoms with Gasteiger partial charge < -0.3 is 9.84 Å². The molecule has 6 heteroatoms. The van der Waals surface area contributed by atoms with E-state index in [1.165, 1.54) is 18.2 Å². The molecule has 0 aliphatic carbocycles. The second-order valence-electron chi connectivity index (χ2n) is 4.26. The summed E-state index contributed by atoms with van der Waals surface area (Å²) in [6, 6.07) is 4.34. The van der Waals surface area contributed by atoms with E-state index in [0.29, 0.717) is 6.42 Å². The molecule has 0 unspecified atom stereocenters. The first-order valence-corrected chi connectivity index (χ1v) is 5.47. The quantitative estimate of drug-likeness (QED) is 0.652. The van der Waals surface area contributed by atoms with E-state index in [4.69, 9.17) is 16.3 Å². The molecule has 0 aliphatic rings. The van der Waals surface area contributed by atoms with Crippen LogP contribution in [-0.4, -0.2) is 22.2 Å². The average molecular weight is 260 g/mol. The van der Waals surface area contributed by atoms with Crippen LogP contribution >= 0.6 is 11.6 Å². The van der Waals surface area contributed by atoms with Crippen molar-refractivity contribution >= 4 is 17.3 Å². The van der Waals surface area contributed by atoms with Gasteiger partial charge in [0, 0.05) is 12.5 Å². The highest BCUT2D eigenvalue weighted by molar-refractivity contribution is 6.32. The van der Waals surface area contributed by atoms with Crippen LogP contribution < -0.4 is 4.74 Å². The number of nitrogens with zero attached hydrogens (tertiary/aromatic N) is 1. The Morgan fingerprint density at radius 1 is 1.53 bits per heavy atom. The normalized spacial score (nSPS) is 11.3. The number of para-hydroxylation sites is 1. The molecule has 17 heavy (non-hydrogen) atoms. The Bertz CT molecular complexity index is 414. The van der Waals surface area contributed by atoms with Gasteiger partial charge in [-0.25, -0.2) is 0 Å². The molecular weight excluding hydrogens is 246 g/mol. The molecule has 1 rings (SSSR count). The van der Waals surface area contributed by atoms with E-state index in [1.54, 1.807) is 13.8 Å². The van der Waals surface area contributed by atoms with Gasteiger partial charge in [-0.3, -0.25) is 10.1 Å². The van der Waals surface area contributed by atoms with Crippen molar-refractivity contribution in [2.75, 3.05) is 6.61 Å². The van der Waals surface area contributed by atoms with Crippen molar-refractivity contribution < 1.29 is 14.8 Å². The van der Waals surface area contributed by atoms with Crippen LogP contribution in [0.25, 0.3) is 0 Å². The number of nitro benzene ring substituents is 1. The van der Waals surface area contributed by atoms with Crippen LogP contribution in [0.3, 0.4) is 0 Å². The molecule has 1 aromatic rings. The number of hydrogen-bond acceptors (Lipinski definition) is 4. The van der Waals surface area contributed by atoms with Gasteiger partial charge in [0.25, 0.3) is 0 Å². The van der Waals surface area contributed by atoms with E-state index >= 15 is 0 Å². The van der Waals surface area contributed by atoms with Crippen molar-refractivity contribution in [1.82, 2.24) is 0 Å². The Morgan fingerprint density at radius 2 is 2.18 bits per heavy atom. The third-order valence-electron chi connectivity index (χ3n) is 2.10. The highest BCUT2D eigenvalue weighted by Gasteiger charge is 2.19. The largest absolute Gasteiger partial charge is 0.486 e. The van der Waals surface area contributed by atoms with Crippen LogP contribution in [0, 0.1) is 10.1 Å². The Morgan fingerprint density at radius 3 is 2.71 bits per heavy atom. The highest BCUT2D eigenvalue weighted by Crippen LogP contribution is 2.34. The summed E-state index contributed by atoms with van der Waals surface area (Å²) in [4.78, 5) is 10.2. The van der Waals surface area contributed by atoms with E-state index in [-0.39, 0.29) is 23.1 Å². The van der Waals surface area contributed by atoms with Crippen LogP contribution in [-0.2, 0) is 0 Å². The summed E-state index contributed by atoms with van der Waals surface area (Å²) in [5.41, 5.74) is -1.05. The van der Waals surface area contributed by atoms with E-state index in [9.17, 15) is 15.2 Å². The van der Waals surface area contributed by atoms with Crippen molar-refractivity contribution in [3.8, 4) is 5.75 Å². The zero-order chi connectivity index (χ0) is 13.1. The molecular formula is C11H14ClNO4. The molecule has 0 spiro atoms. The summed E-state index contributed by atoms with van der Waals surface area (Å²) >= 11 is 5.83. The zero-order valence-electron chi connectivity index (χ0n) is 9.64. The number of nitro groups is 1. The third kappa shape index (κ3) is 4.20. The molecule has 94 valence electrons. The maximum absolute atomic E-state index is 10.8. The average Bonchev–Trinajstić information content (AvgIpc) is 2.18. The highest BCUT2D eigenvalue weighted by atomic mass is 35.5. The molecule has 0 heterocycles. The van der Waals surface area contributed by atoms with Crippen LogP contribution in [0.4, 0.5) is 5.69 Å². The van der Waals surface area contributed by atoms with E-state index in [0.717, 1.165) is 0 Å². The Hall–Kier alpha value is -1.33. The molecule has 0 aromatic heterocycles. The van der Waals surface area contributed by atoms with Crippen molar-refractivity contribution in [2.45, 2.75) is 25.9 Å². The van der Waals surface area contributed by atoms with Crippen molar-refractivity contribution in [1.29, 1.82) is 0 Å². The lowest BCUT2D eigenvalue weighted by Crippen LogP contribution is -2.22. The molecule has 0 radical (unpaired) electrons. The molecule has 0 amide bonds. The number of ether oxygens (including phenoxy) is 1. The van der Waals surface area contributed by atoms with E-state index in [2.05, 4.69) is 0 Å². The number of rotatable bonds is 5. The van der Waals surface area contributed by atoms with Crippen molar-refractivity contribution in [3.05, 3.63) is 33.3 Å². The molecule has 0 atom stereocenters. The molecule has 0 saturated carbocycles. The second-order valence-corrected chi connectivity index (χ2v) is 4.66. The van der Waals surface area contributed by atoms with Crippen LogP contribution in [0.15, 0.2) is 18.2 Å². The lowest BCUT2D eigenvalue weighted by molar-refractivity contribution is -0.385. The Balaban J connectivity index is 2.79. The van der Waals surface area contributed by atoms with Gasteiger partial charge in [0.05, 0.1) is 22.2 Å². The topological polar surface area (TPSA) is 72.6 Å². The summed E-state index contributed by atoms with van der Waals surface area (Å²) in [6.45, 7) is 3.43. The first-order valence-electron chi connectivity index (χ1n) is 5.09. The summed E-state index contributed by atoms with van der Waals surface area (Å²) < 4.78 is 5.27. The van der Waals surface area contributed by atoms with Crippen molar-refractivity contribution in [2.24, 2.45) is 0 Å². The summed E-state index contributed by atoms with van der Waals surface area (Å²) in [5, 5.41) is 20.4. The lowest BCUT2D eigenvalue weighted by Gasteiger charge is -2.17. The summed E-state index contributed by atoms with van der Waals surface area (Å²) in [7, 11) is 0. The van der Waals surface area contributed by atoms with Gasteiger partial charge in [-0.15, -0.1) is 0 Å². The van der Waals surface area contributed by atoms with Gasteiger partial charge in [0.15, 0.2) is 0 Å². The molecule has 0 aliphatic heterocycles. The molecule has 5 nitrogen and oxygen atoms in total. The van der Waals surface area contributed by atoms with E-state index in [1.807, 2.05) is 0 Å². The first-order chi connectivity index (χ1) is 7.81. The Labute approximate surface area is 104 Å². The molecule has 1 N–H and O–H groups in total. The number of benzene rings is 1. The molecule has 0 fully saturated rings. The van der Waals surface area contributed by atoms with Crippen molar-refractivity contribution in [3.63, 3.8) is 0 Å². The fraction of sp³-hybridized carbons (Fsp3) is 0.455. The summed E-state index contributed by atoms with van der Waals surface area (Å²) in [6.07, 6.45) is 0.357. The molecule has 0 saturated heterocycles. The zero-order valence-corrected chi connectivity index (χ0v) is 10.4. The van der Waals surface area contributed by atoms with Gasteiger partial charge in [0.2, 0.25) is 5.75 Å². The summed E-state index contributed by atoms with van der Waals surface area (Å²) in [5.74, 6) is 0.0448. The van der Waals surface area contributed by atoms with E-state index < -0.39 is 10.5 Å². The van der Waals surface area contributed by atoms with Crippen LogP contribution in [0.1, 0.15) is 20.3 Å². The monoisotopic (exact) mass is 259 g/mol. The minimum Gasteiger partial charge on any atom is -0.486 e. The maximum atomic E-state index is 10.8. The lowest BCUT2D eigenvalue weighted by atomic mass is 10.1. The first kappa shape index (κ1) is 13.7. The number of halogens is 1. The molecule has 0 bridgehead atoms. The SMILES string of the molecule is CC(C)(O)CCOc1c(Cl)cccc1[N+](=O)[O-]. The Kier molecular flexibility index (Phi) is 4.31. The smallest absolute Gasteiger partial charge is 0.312 e. The number of aliphatic hydroxyl groups is 1. The second kappa shape index (κ2) is 5.33. The van der Waals surface area contributed by atoms with Gasteiger partial charge in [-0.1, -0.05) is 17.7 Å². The predicted molar refractivity (Wildman–Crippen MR) is 64.5 cm³/mol. The van der Waals surface area contributed by atoms with Gasteiger partial charge in [-0.05, 0) is 19.9 Å². The van der Waals surface area contributed by atoms with Gasteiger partial charge in [-0.2, -0.15) is 0 Å². The molecule has 1 aromatic carbocycles. The fourth-order valence-corrected chi connectivity index (χ4v) is 1.41. The van der Waals surface area contributed by atoms with Crippen LogP contribution in [0.2, 0.25) is 5.02 Å². The number of hydrogen-bond donors (Lipinski definition) is 1. The minimum absolute atomic E-state index is 0.0448.